The summed E-state index contributed by atoms with van der Waals surface area (Å²) in [5, 5.41) is 3.73. The van der Waals surface area contributed by atoms with Crippen LogP contribution >= 0.6 is 0 Å². The van der Waals surface area contributed by atoms with Crippen molar-refractivity contribution in [2.45, 2.75) is 63.1 Å². The highest BCUT2D eigenvalue weighted by atomic mass is 16.5. The molecule has 0 aromatic carbocycles. The molecule has 0 aromatic rings. The van der Waals surface area contributed by atoms with E-state index in [2.05, 4.69) is 10.2 Å². The lowest BCUT2D eigenvalue weighted by Crippen LogP contribution is -2.35. The molecule has 0 bridgehead atoms. The molecule has 3 nitrogen and oxygen atoms in total. The van der Waals surface area contributed by atoms with Crippen LogP contribution in [-0.2, 0) is 4.74 Å². The lowest BCUT2D eigenvalue weighted by Gasteiger charge is -2.18. The predicted molar refractivity (Wildman–Crippen MR) is 69.2 cm³/mol. The highest BCUT2D eigenvalue weighted by Gasteiger charge is 2.29. The van der Waals surface area contributed by atoms with E-state index in [1.54, 1.807) is 0 Å². The molecule has 0 amide bonds. The van der Waals surface area contributed by atoms with Gasteiger partial charge in [0.05, 0.1) is 12.7 Å². The van der Waals surface area contributed by atoms with Crippen molar-refractivity contribution in [2.24, 2.45) is 0 Å². The summed E-state index contributed by atoms with van der Waals surface area (Å²) in [5.41, 5.74) is 0. The molecule has 3 heteroatoms. The Bertz CT molecular complexity index is 236. The molecule has 1 unspecified atom stereocenters. The molecule has 1 saturated heterocycles. The van der Waals surface area contributed by atoms with Gasteiger partial charge in [0.15, 0.2) is 0 Å². The van der Waals surface area contributed by atoms with Gasteiger partial charge in [-0.05, 0) is 38.6 Å². The van der Waals surface area contributed by atoms with E-state index in [0.29, 0.717) is 6.10 Å². The fraction of sp³-hybridized carbons (Fsp3) is 1.00. The topological polar surface area (TPSA) is 24.5 Å². The second-order valence-electron chi connectivity index (χ2n) is 6.00. The number of ether oxygens (including phenoxy) is 1. The van der Waals surface area contributed by atoms with Crippen molar-refractivity contribution in [2.75, 3.05) is 26.2 Å². The minimum absolute atomic E-state index is 0.581. The monoisotopic (exact) mass is 238 g/mol. The van der Waals surface area contributed by atoms with Gasteiger partial charge in [-0.25, -0.2) is 0 Å². The van der Waals surface area contributed by atoms with Gasteiger partial charge in [0.2, 0.25) is 0 Å². The maximum Gasteiger partial charge on any atom is 0.0597 e. The third-order valence-electron chi connectivity index (χ3n) is 4.38. The molecular formula is C14H26N2O. The van der Waals surface area contributed by atoms with E-state index in [1.807, 2.05) is 0 Å². The Morgan fingerprint density at radius 1 is 1.00 bits per heavy atom. The van der Waals surface area contributed by atoms with Crippen molar-refractivity contribution in [3.8, 4) is 0 Å². The Morgan fingerprint density at radius 3 is 2.59 bits per heavy atom. The van der Waals surface area contributed by atoms with E-state index in [9.17, 15) is 0 Å². The summed E-state index contributed by atoms with van der Waals surface area (Å²) in [4.78, 5) is 2.56. The van der Waals surface area contributed by atoms with Crippen molar-refractivity contribution in [3.63, 3.8) is 0 Å². The van der Waals surface area contributed by atoms with Crippen LogP contribution in [0.4, 0.5) is 0 Å². The number of rotatable bonds is 6. The molecular weight excluding hydrogens is 212 g/mol. The first-order valence-electron chi connectivity index (χ1n) is 7.50. The average Bonchev–Trinajstić information content (AvgIpc) is 2.80. The molecule has 17 heavy (non-hydrogen) atoms. The van der Waals surface area contributed by atoms with E-state index >= 15 is 0 Å². The summed E-state index contributed by atoms with van der Waals surface area (Å²) in [6.07, 6.45) is 10.1. The minimum atomic E-state index is 0.581. The maximum absolute atomic E-state index is 5.93. The van der Waals surface area contributed by atoms with Crippen molar-refractivity contribution in [3.05, 3.63) is 0 Å². The van der Waals surface area contributed by atoms with Crippen LogP contribution in [0.25, 0.3) is 0 Å². The molecule has 1 N–H and O–H groups in total. The van der Waals surface area contributed by atoms with Crippen molar-refractivity contribution < 1.29 is 4.74 Å². The highest BCUT2D eigenvalue weighted by molar-refractivity contribution is 4.89. The molecule has 3 aliphatic rings. The van der Waals surface area contributed by atoms with E-state index in [-0.39, 0.29) is 0 Å². The zero-order chi connectivity index (χ0) is 11.5. The fourth-order valence-electron chi connectivity index (χ4n) is 3.16. The summed E-state index contributed by atoms with van der Waals surface area (Å²) in [7, 11) is 0. The third kappa shape index (κ3) is 3.67. The van der Waals surface area contributed by atoms with Gasteiger partial charge in [-0.15, -0.1) is 0 Å². The van der Waals surface area contributed by atoms with E-state index in [0.717, 1.165) is 25.2 Å². The maximum atomic E-state index is 5.93. The molecule has 2 aliphatic carbocycles. The molecule has 0 aromatic heterocycles. The molecule has 1 heterocycles. The van der Waals surface area contributed by atoms with Gasteiger partial charge in [0.25, 0.3) is 0 Å². The smallest absolute Gasteiger partial charge is 0.0597 e. The lowest BCUT2D eigenvalue weighted by molar-refractivity contribution is 0.0452. The number of hydrogen-bond acceptors (Lipinski definition) is 3. The second-order valence-corrected chi connectivity index (χ2v) is 6.00. The Balaban J connectivity index is 1.27. The lowest BCUT2D eigenvalue weighted by atomic mass is 10.2. The quantitative estimate of drug-likeness (QED) is 0.763. The molecule has 3 rings (SSSR count). The molecule has 1 atom stereocenters. The van der Waals surface area contributed by atoms with Crippen molar-refractivity contribution >= 4 is 0 Å². The van der Waals surface area contributed by atoms with E-state index in [1.165, 1.54) is 58.0 Å². The highest BCUT2D eigenvalue weighted by Crippen LogP contribution is 2.22. The summed E-state index contributed by atoms with van der Waals surface area (Å²) >= 11 is 0. The Kier molecular flexibility index (Phi) is 3.99. The Labute approximate surface area is 105 Å². The largest absolute Gasteiger partial charge is 0.377 e. The van der Waals surface area contributed by atoms with Crippen molar-refractivity contribution in [1.29, 1.82) is 0 Å². The second kappa shape index (κ2) is 5.68. The van der Waals surface area contributed by atoms with Crippen molar-refractivity contribution in [1.82, 2.24) is 10.2 Å². The molecule has 0 radical (unpaired) electrons. The first-order chi connectivity index (χ1) is 8.40. The molecule has 0 spiro atoms. The van der Waals surface area contributed by atoms with Gasteiger partial charge in [-0.1, -0.05) is 12.8 Å². The van der Waals surface area contributed by atoms with Crippen LogP contribution in [0.5, 0.6) is 0 Å². The predicted octanol–water partition coefficient (Wildman–Crippen LogP) is 1.77. The Morgan fingerprint density at radius 2 is 1.82 bits per heavy atom. The van der Waals surface area contributed by atoms with E-state index in [4.69, 9.17) is 4.74 Å². The van der Waals surface area contributed by atoms with Crippen LogP contribution in [0.15, 0.2) is 0 Å². The SMILES string of the molecule is C1CCC(OCCN2CCC(NC3CC3)C2)C1. The summed E-state index contributed by atoms with van der Waals surface area (Å²) in [6.45, 7) is 4.59. The van der Waals surface area contributed by atoms with Gasteiger partial charge in [0, 0.05) is 25.2 Å². The minimum Gasteiger partial charge on any atom is -0.377 e. The van der Waals surface area contributed by atoms with Crippen LogP contribution < -0.4 is 5.32 Å². The molecule has 98 valence electrons. The average molecular weight is 238 g/mol. The summed E-state index contributed by atoms with van der Waals surface area (Å²) < 4.78 is 5.93. The zero-order valence-corrected chi connectivity index (χ0v) is 10.9. The molecule has 2 saturated carbocycles. The van der Waals surface area contributed by atoms with Crippen LogP contribution in [0.2, 0.25) is 0 Å². The third-order valence-corrected chi connectivity index (χ3v) is 4.38. The van der Waals surface area contributed by atoms with Crippen LogP contribution in [-0.4, -0.2) is 49.3 Å². The summed E-state index contributed by atoms with van der Waals surface area (Å²) in [6, 6.07) is 1.61. The first-order valence-corrected chi connectivity index (χ1v) is 7.50. The number of hydrogen-bond donors (Lipinski definition) is 1. The number of nitrogens with zero attached hydrogens (tertiary/aromatic N) is 1. The first kappa shape index (κ1) is 11.9. The van der Waals surface area contributed by atoms with Crippen LogP contribution in [0, 0.1) is 0 Å². The van der Waals surface area contributed by atoms with Gasteiger partial charge < -0.3 is 10.1 Å². The van der Waals surface area contributed by atoms with Gasteiger partial charge in [-0.3, -0.25) is 4.90 Å². The van der Waals surface area contributed by atoms with Gasteiger partial charge in [0.1, 0.15) is 0 Å². The fourth-order valence-corrected chi connectivity index (χ4v) is 3.16. The zero-order valence-electron chi connectivity index (χ0n) is 10.9. The van der Waals surface area contributed by atoms with E-state index < -0.39 is 0 Å². The molecule has 3 fully saturated rings. The van der Waals surface area contributed by atoms with Crippen LogP contribution in [0.3, 0.4) is 0 Å². The van der Waals surface area contributed by atoms with Gasteiger partial charge >= 0.3 is 0 Å². The van der Waals surface area contributed by atoms with Crippen LogP contribution in [0.1, 0.15) is 44.9 Å². The Hall–Kier alpha value is -0.120. The standard InChI is InChI=1S/C14H26N2O/c1-2-4-14(3-1)17-10-9-16-8-7-13(11-16)15-12-5-6-12/h12-15H,1-11H2. The normalized spacial score (nSPS) is 31.4. The van der Waals surface area contributed by atoms with Gasteiger partial charge in [-0.2, -0.15) is 0 Å². The number of likely N-dealkylation sites (tertiary alicyclic amines) is 1. The summed E-state index contributed by atoms with van der Waals surface area (Å²) in [5.74, 6) is 0. The molecule has 1 aliphatic heterocycles. The number of nitrogens with one attached hydrogen (secondary N) is 1.